The number of methoxy groups -OCH3 is 1. The number of hydrogen-bond acceptors (Lipinski definition) is 2. The minimum Gasteiger partial charge on any atom is -0.496 e. The van der Waals surface area contributed by atoms with Crippen molar-refractivity contribution in [1.82, 2.24) is 5.32 Å². The van der Waals surface area contributed by atoms with Gasteiger partial charge in [-0.2, -0.15) is 0 Å². The van der Waals surface area contributed by atoms with Crippen molar-refractivity contribution < 1.29 is 9.13 Å². The van der Waals surface area contributed by atoms with Gasteiger partial charge in [0.05, 0.1) is 7.11 Å². The van der Waals surface area contributed by atoms with Crippen molar-refractivity contribution in [3.63, 3.8) is 0 Å². The molecular formula is C15H14Cl2FNO. The minimum atomic E-state index is -0.343. The van der Waals surface area contributed by atoms with Crippen molar-refractivity contribution in [2.75, 3.05) is 7.11 Å². The molecule has 0 heterocycles. The van der Waals surface area contributed by atoms with E-state index in [1.54, 1.807) is 19.2 Å². The number of rotatable bonds is 5. The van der Waals surface area contributed by atoms with Gasteiger partial charge in [0.2, 0.25) is 0 Å². The molecule has 0 aromatic heterocycles. The van der Waals surface area contributed by atoms with E-state index in [-0.39, 0.29) is 5.82 Å². The minimum absolute atomic E-state index is 0.343. The van der Waals surface area contributed by atoms with Gasteiger partial charge in [-0.05, 0) is 35.9 Å². The predicted molar refractivity (Wildman–Crippen MR) is 80.0 cm³/mol. The fourth-order valence-electron chi connectivity index (χ4n) is 1.95. The molecule has 0 radical (unpaired) electrons. The fourth-order valence-corrected chi connectivity index (χ4v) is 2.42. The largest absolute Gasteiger partial charge is 0.496 e. The second-order valence-electron chi connectivity index (χ2n) is 4.30. The SMILES string of the molecule is COc1cccc(Cl)c1CNCc1cc(F)cc(Cl)c1. The fraction of sp³-hybridized carbons (Fsp3) is 0.200. The molecule has 2 aromatic carbocycles. The molecular weight excluding hydrogens is 300 g/mol. The van der Waals surface area contributed by atoms with Gasteiger partial charge in [-0.1, -0.05) is 29.3 Å². The standard InChI is InChI=1S/C15H14Cl2FNO/c1-20-15-4-2-3-14(17)13(15)9-19-8-10-5-11(16)7-12(18)6-10/h2-7,19H,8-9H2,1H3. The monoisotopic (exact) mass is 313 g/mol. The van der Waals surface area contributed by atoms with Gasteiger partial charge in [0, 0.05) is 28.7 Å². The summed E-state index contributed by atoms with van der Waals surface area (Å²) in [6.07, 6.45) is 0. The molecule has 0 unspecified atom stereocenters. The highest BCUT2D eigenvalue weighted by Crippen LogP contribution is 2.26. The first-order valence-electron chi connectivity index (χ1n) is 6.07. The Hall–Kier alpha value is -1.29. The van der Waals surface area contributed by atoms with Crippen LogP contribution in [0.1, 0.15) is 11.1 Å². The first-order valence-corrected chi connectivity index (χ1v) is 6.83. The highest BCUT2D eigenvalue weighted by Gasteiger charge is 2.07. The second-order valence-corrected chi connectivity index (χ2v) is 5.15. The van der Waals surface area contributed by atoms with Crippen molar-refractivity contribution in [3.8, 4) is 5.75 Å². The topological polar surface area (TPSA) is 21.3 Å². The van der Waals surface area contributed by atoms with Gasteiger partial charge in [-0.3, -0.25) is 0 Å². The molecule has 0 fully saturated rings. The summed E-state index contributed by atoms with van der Waals surface area (Å²) in [6, 6.07) is 9.94. The zero-order chi connectivity index (χ0) is 14.5. The molecule has 0 aliphatic carbocycles. The molecule has 2 aromatic rings. The number of hydrogen-bond donors (Lipinski definition) is 1. The molecule has 0 spiro atoms. The molecule has 0 amide bonds. The molecule has 2 rings (SSSR count). The molecule has 20 heavy (non-hydrogen) atoms. The van der Waals surface area contributed by atoms with Crippen LogP contribution in [0, 0.1) is 5.82 Å². The van der Waals surface area contributed by atoms with E-state index in [1.807, 2.05) is 12.1 Å². The zero-order valence-corrected chi connectivity index (χ0v) is 12.4. The second kappa shape index (κ2) is 6.93. The molecule has 1 N–H and O–H groups in total. The van der Waals surface area contributed by atoms with Crippen LogP contribution in [-0.2, 0) is 13.1 Å². The lowest BCUT2D eigenvalue weighted by atomic mass is 10.2. The van der Waals surface area contributed by atoms with Crippen LogP contribution in [0.15, 0.2) is 36.4 Å². The first-order chi connectivity index (χ1) is 9.60. The maximum atomic E-state index is 13.2. The van der Waals surface area contributed by atoms with Crippen LogP contribution in [-0.4, -0.2) is 7.11 Å². The van der Waals surface area contributed by atoms with E-state index in [2.05, 4.69) is 5.32 Å². The number of halogens is 3. The highest BCUT2D eigenvalue weighted by atomic mass is 35.5. The summed E-state index contributed by atoms with van der Waals surface area (Å²) in [5.74, 6) is 0.381. The van der Waals surface area contributed by atoms with Crippen molar-refractivity contribution in [3.05, 3.63) is 63.4 Å². The van der Waals surface area contributed by atoms with Crippen molar-refractivity contribution in [1.29, 1.82) is 0 Å². The summed E-state index contributed by atoms with van der Waals surface area (Å²) in [5.41, 5.74) is 1.65. The molecule has 0 atom stereocenters. The van der Waals surface area contributed by atoms with Crippen LogP contribution in [0.25, 0.3) is 0 Å². The summed E-state index contributed by atoms with van der Waals surface area (Å²) >= 11 is 11.9. The molecule has 0 aliphatic rings. The Labute approximate surface area is 127 Å². The van der Waals surface area contributed by atoms with Crippen LogP contribution in [0.3, 0.4) is 0 Å². The van der Waals surface area contributed by atoms with Gasteiger partial charge >= 0.3 is 0 Å². The van der Waals surface area contributed by atoms with E-state index in [9.17, 15) is 4.39 Å². The quantitative estimate of drug-likeness (QED) is 0.881. The van der Waals surface area contributed by atoms with E-state index in [4.69, 9.17) is 27.9 Å². The lowest BCUT2D eigenvalue weighted by Crippen LogP contribution is -2.14. The first kappa shape index (κ1) is 15.1. The Bertz CT molecular complexity index is 584. The Morgan fingerprint density at radius 3 is 2.65 bits per heavy atom. The maximum absolute atomic E-state index is 13.2. The van der Waals surface area contributed by atoms with Gasteiger partial charge in [-0.25, -0.2) is 4.39 Å². The molecule has 2 nitrogen and oxygen atoms in total. The Balaban J connectivity index is 2.03. The Morgan fingerprint density at radius 2 is 1.95 bits per heavy atom. The van der Waals surface area contributed by atoms with Gasteiger partial charge in [0.25, 0.3) is 0 Å². The summed E-state index contributed by atoms with van der Waals surface area (Å²) in [5, 5.41) is 4.22. The predicted octanol–water partition coefficient (Wildman–Crippen LogP) is 4.43. The molecule has 0 saturated heterocycles. The third kappa shape index (κ3) is 3.85. The van der Waals surface area contributed by atoms with E-state index < -0.39 is 0 Å². The van der Waals surface area contributed by atoms with E-state index >= 15 is 0 Å². The van der Waals surface area contributed by atoms with E-state index in [0.717, 1.165) is 16.9 Å². The van der Waals surface area contributed by atoms with Crippen LogP contribution in [0.5, 0.6) is 5.75 Å². The molecule has 0 aliphatic heterocycles. The summed E-state index contributed by atoms with van der Waals surface area (Å²) in [6.45, 7) is 1.02. The highest BCUT2D eigenvalue weighted by molar-refractivity contribution is 6.31. The van der Waals surface area contributed by atoms with E-state index in [1.165, 1.54) is 12.1 Å². The van der Waals surface area contributed by atoms with Crippen molar-refractivity contribution in [2.45, 2.75) is 13.1 Å². The maximum Gasteiger partial charge on any atom is 0.125 e. The average Bonchev–Trinajstić information content (AvgIpc) is 2.39. The van der Waals surface area contributed by atoms with Crippen molar-refractivity contribution in [2.24, 2.45) is 0 Å². The molecule has 0 saturated carbocycles. The molecule has 0 bridgehead atoms. The van der Waals surface area contributed by atoms with Crippen LogP contribution >= 0.6 is 23.2 Å². The molecule has 106 valence electrons. The smallest absolute Gasteiger partial charge is 0.125 e. The normalized spacial score (nSPS) is 10.6. The third-order valence-corrected chi connectivity index (χ3v) is 3.42. The lowest BCUT2D eigenvalue weighted by molar-refractivity contribution is 0.407. The van der Waals surface area contributed by atoms with E-state index in [0.29, 0.717) is 23.1 Å². The molecule has 5 heteroatoms. The van der Waals surface area contributed by atoms with Gasteiger partial charge in [-0.15, -0.1) is 0 Å². The third-order valence-electron chi connectivity index (χ3n) is 2.85. The number of benzene rings is 2. The number of nitrogens with one attached hydrogen (secondary N) is 1. The van der Waals surface area contributed by atoms with Crippen molar-refractivity contribution >= 4 is 23.2 Å². The average molecular weight is 314 g/mol. The van der Waals surface area contributed by atoms with Crippen LogP contribution in [0.4, 0.5) is 4.39 Å². The van der Waals surface area contributed by atoms with Crippen LogP contribution < -0.4 is 10.1 Å². The van der Waals surface area contributed by atoms with Gasteiger partial charge < -0.3 is 10.1 Å². The van der Waals surface area contributed by atoms with Gasteiger partial charge in [0.15, 0.2) is 0 Å². The van der Waals surface area contributed by atoms with Crippen LogP contribution in [0.2, 0.25) is 10.0 Å². The Kier molecular flexibility index (Phi) is 5.24. The Morgan fingerprint density at radius 1 is 1.15 bits per heavy atom. The zero-order valence-electron chi connectivity index (χ0n) is 10.9. The summed E-state index contributed by atoms with van der Waals surface area (Å²) in [4.78, 5) is 0. The number of ether oxygens (including phenoxy) is 1. The summed E-state index contributed by atoms with van der Waals surface area (Å²) in [7, 11) is 1.60. The van der Waals surface area contributed by atoms with Gasteiger partial charge in [0.1, 0.15) is 11.6 Å². The lowest BCUT2D eigenvalue weighted by Gasteiger charge is -2.11. The summed E-state index contributed by atoms with van der Waals surface area (Å²) < 4.78 is 18.5.